The molecule has 0 fully saturated rings. The lowest BCUT2D eigenvalue weighted by Crippen LogP contribution is -2.22. The van der Waals surface area contributed by atoms with Crippen LogP contribution in [0.1, 0.15) is 6.42 Å². The van der Waals surface area contributed by atoms with Gasteiger partial charge in [0.05, 0.1) is 13.5 Å². The topological polar surface area (TPSA) is 44.8 Å². The van der Waals surface area contributed by atoms with Crippen LogP contribution in [0.15, 0.2) is 11.8 Å². The second kappa shape index (κ2) is 6.49. The number of hydrogen-bond donors (Lipinski definition) is 0. The fraction of sp³-hybridized carbons (Fsp3) is 0.667. The van der Waals surface area contributed by atoms with E-state index in [1.807, 2.05) is 0 Å². The maximum atomic E-state index is 11.9. The highest BCUT2D eigenvalue weighted by molar-refractivity contribution is 5.94. The van der Waals surface area contributed by atoms with Gasteiger partial charge in [0.25, 0.3) is 5.78 Å². The SMILES string of the molecule is CO/C(=C\C(=O)C(F)(F)F)CC(OC)OC. The number of methoxy groups -OCH3 is 3. The van der Waals surface area contributed by atoms with Gasteiger partial charge in [-0.2, -0.15) is 13.2 Å². The molecule has 0 N–H and O–H groups in total. The molecule has 0 aromatic rings. The number of hydrogen-bond acceptors (Lipinski definition) is 4. The van der Waals surface area contributed by atoms with Crippen molar-refractivity contribution in [3.05, 3.63) is 11.8 Å². The molecule has 0 aromatic heterocycles. The Morgan fingerprint density at radius 3 is 2.06 bits per heavy atom. The molecule has 0 amide bonds. The third-order valence-electron chi connectivity index (χ3n) is 1.73. The van der Waals surface area contributed by atoms with E-state index >= 15 is 0 Å². The molecular formula is C9H13F3O4. The maximum absolute atomic E-state index is 11.9. The minimum absolute atomic E-state index is 0.0781. The first-order chi connectivity index (χ1) is 7.35. The predicted octanol–water partition coefficient (Wildman–Crippen LogP) is 1.66. The molecule has 0 aliphatic carbocycles. The van der Waals surface area contributed by atoms with Gasteiger partial charge in [0, 0.05) is 20.3 Å². The monoisotopic (exact) mass is 242 g/mol. The summed E-state index contributed by atoms with van der Waals surface area (Å²) in [5.74, 6) is -2.13. The number of rotatable bonds is 6. The lowest BCUT2D eigenvalue weighted by Gasteiger charge is -2.14. The molecule has 0 bridgehead atoms. The van der Waals surface area contributed by atoms with Gasteiger partial charge in [-0.3, -0.25) is 4.79 Å². The smallest absolute Gasteiger partial charge is 0.454 e. The summed E-state index contributed by atoms with van der Waals surface area (Å²) in [6.07, 6.45) is -5.36. The van der Waals surface area contributed by atoms with Crippen LogP contribution in [0.4, 0.5) is 13.2 Å². The fourth-order valence-electron chi connectivity index (χ4n) is 0.856. The van der Waals surface area contributed by atoms with E-state index in [1.54, 1.807) is 0 Å². The van der Waals surface area contributed by atoms with Crippen LogP contribution in [-0.2, 0) is 19.0 Å². The second-order valence-electron chi connectivity index (χ2n) is 2.78. The van der Waals surface area contributed by atoms with Crippen molar-refractivity contribution in [2.24, 2.45) is 0 Å². The molecule has 0 saturated carbocycles. The Morgan fingerprint density at radius 1 is 1.25 bits per heavy atom. The van der Waals surface area contributed by atoms with Gasteiger partial charge in [0.2, 0.25) is 0 Å². The number of ketones is 1. The Labute approximate surface area is 91.0 Å². The number of carbonyl (C=O) groups is 1. The first-order valence-electron chi connectivity index (χ1n) is 4.26. The zero-order valence-electron chi connectivity index (χ0n) is 9.13. The van der Waals surface area contributed by atoms with Crippen molar-refractivity contribution in [3.63, 3.8) is 0 Å². The molecule has 0 aliphatic rings. The quantitative estimate of drug-likeness (QED) is 0.403. The van der Waals surface area contributed by atoms with Crippen LogP contribution in [0, 0.1) is 0 Å². The summed E-state index contributed by atoms with van der Waals surface area (Å²) < 4.78 is 50.0. The van der Waals surface area contributed by atoms with E-state index in [1.165, 1.54) is 14.2 Å². The van der Waals surface area contributed by atoms with Gasteiger partial charge in [0.1, 0.15) is 5.76 Å². The molecule has 0 aliphatic heterocycles. The van der Waals surface area contributed by atoms with Crippen LogP contribution in [0.3, 0.4) is 0 Å². The highest BCUT2D eigenvalue weighted by Gasteiger charge is 2.37. The van der Waals surface area contributed by atoms with Gasteiger partial charge < -0.3 is 14.2 Å². The normalized spacial score (nSPS) is 13.1. The Bertz CT molecular complexity index is 256. The number of alkyl halides is 3. The van der Waals surface area contributed by atoms with Crippen LogP contribution in [0.25, 0.3) is 0 Å². The summed E-state index contributed by atoms with van der Waals surface area (Å²) >= 11 is 0. The molecule has 0 radical (unpaired) electrons. The van der Waals surface area contributed by atoms with Gasteiger partial charge in [-0.15, -0.1) is 0 Å². The fourth-order valence-corrected chi connectivity index (χ4v) is 0.856. The highest BCUT2D eigenvalue weighted by atomic mass is 19.4. The zero-order valence-corrected chi connectivity index (χ0v) is 9.13. The van der Waals surface area contributed by atoms with Crippen LogP contribution in [0.5, 0.6) is 0 Å². The maximum Gasteiger partial charge on any atom is 0.454 e. The van der Waals surface area contributed by atoms with Crippen molar-refractivity contribution in [2.75, 3.05) is 21.3 Å². The van der Waals surface area contributed by atoms with Crippen LogP contribution in [0.2, 0.25) is 0 Å². The molecule has 0 spiro atoms. The molecule has 0 saturated heterocycles. The minimum Gasteiger partial charge on any atom is -0.501 e. The van der Waals surface area contributed by atoms with E-state index < -0.39 is 18.2 Å². The van der Waals surface area contributed by atoms with Gasteiger partial charge >= 0.3 is 6.18 Å². The second-order valence-corrected chi connectivity index (χ2v) is 2.78. The summed E-state index contributed by atoms with van der Waals surface area (Å²) in [6.45, 7) is 0. The lowest BCUT2D eigenvalue weighted by molar-refractivity contribution is -0.165. The van der Waals surface area contributed by atoms with E-state index in [0.717, 1.165) is 7.11 Å². The first kappa shape index (κ1) is 14.9. The van der Waals surface area contributed by atoms with Gasteiger partial charge in [-0.25, -0.2) is 0 Å². The number of halogens is 3. The van der Waals surface area contributed by atoms with E-state index in [4.69, 9.17) is 9.47 Å². The lowest BCUT2D eigenvalue weighted by atomic mass is 10.2. The molecule has 0 aromatic carbocycles. The summed E-state index contributed by atoms with van der Waals surface area (Å²) in [5, 5.41) is 0. The molecule has 7 heteroatoms. The van der Waals surface area contributed by atoms with Gasteiger partial charge in [-0.05, 0) is 0 Å². The van der Waals surface area contributed by atoms with Crippen molar-refractivity contribution >= 4 is 5.78 Å². The van der Waals surface area contributed by atoms with Crippen molar-refractivity contribution in [3.8, 4) is 0 Å². The Morgan fingerprint density at radius 2 is 1.75 bits per heavy atom. The summed E-state index contributed by atoms with van der Waals surface area (Å²) in [5.41, 5.74) is 0. The van der Waals surface area contributed by atoms with Crippen LogP contribution < -0.4 is 0 Å². The third-order valence-corrected chi connectivity index (χ3v) is 1.73. The number of allylic oxidation sites excluding steroid dienone is 1. The average Bonchev–Trinajstić information content (AvgIpc) is 2.22. The first-order valence-corrected chi connectivity index (χ1v) is 4.26. The van der Waals surface area contributed by atoms with Crippen molar-refractivity contribution in [2.45, 2.75) is 18.9 Å². The number of ether oxygens (including phenoxy) is 3. The Kier molecular flexibility index (Phi) is 6.05. The van der Waals surface area contributed by atoms with Crippen LogP contribution in [-0.4, -0.2) is 39.6 Å². The van der Waals surface area contributed by atoms with E-state index in [0.29, 0.717) is 6.08 Å². The van der Waals surface area contributed by atoms with Crippen molar-refractivity contribution in [1.82, 2.24) is 0 Å². The van der Waals surface area contributed by atoms with Gasteiger partial charge in [0.15, 0.2) is 6.29 Å². The van der Waals surface area contributed by atoms with E-state index in [2.05, 4.69) is 4.74 Å². The predicted molar refractivity (Wildman–Crippen MR) is 48.6 cm³/mol. The summed E-state index contributed by atoms with van der Waals surface area (Å²) in [7, 11) is 3.82. The molecule has 4 nitrogen and oxygen atoms in total. The van der Waals surface area contributed by atoms with E-state index in [-0.39, 0.29) is 12.2 Å². The summed E-state index contributed by atoms with van der Waals surface area (Å²) in [4.78, 5) is 10.6. The molecular weight excluding hydrogens is 229 g/mol. The van der Waals surface area contributed by atoms with Crippen molar-refractivity contribution in [1.29, 1.82) is 0 Å². The minimum atomic E-state index is -4.90. The molecule has 0 rings (SSSR count). The summed E-state index contributed by atoms with van der Waals surface area (Å²) in [6, 6.07) is 0. The van der Waals surface area contributed by atoms with E-state index in [9.17, 15) is 18.0 Å². The molecule has 94 valence electrons. The third kappa shape index (κ3) is 5.13. The number of carbonyl (C=O) groups excluding carboxylic acids is 1. The Hall–Kier alpha value is -1.08. The molecule has 16 heavy (non-hydrogen) atoms. The zero-order chi connectivity index (χ0) is 12.8. The van der Waals surface area contributed by atoms with Crippen molar-refractivity contribution < 1.29 is 32.2 Å². The largest absolute Gasteiger partial charge is 0.501 e. The average molecular weight is 242 g/mol. The Balaban J connectivity index is 4.60. The molecule has 0 unspecified atom stereocenters. The van der Waals surface area contributed by atoms with Crippen LogP contribution >= 0.6 is 0 Å². The molecule has 0 heterocycles. The highest BCUT2D eigenvalue weighted by Crippen LogP contribution is 2.19. The standard InChI is InChI=1S/C9H13F3O4/c1-14-6(5-8(15-2)16-3)4-7(13)9(10,11)12/h4,8H,5H2,1-3H3/b6-4-. The molecule has 0 atom stereocenters. The van der Waals surface area contributed by atoms with Gasteiger partial charge in [-0.1, -0.05) is 0 Å².